The van der Waals surface area contributed by atoms with Gasteiger partial charge in [0.05, 0.1) is 0 Å². The van der Waals surface area contributed by atoms with E-state index in [2.05, 4.69) is 43.4 Å². The fraction of sp³-hybridized carbons (Fsp3) is 0.300. The first-order chi connectivity index (χ1) is 11.0. The summed E-state index contributed by atoms with van der Waals surface area (Å²) in [6.45, 7) is 6.46. The van der Waals surface area contributed by atoms with E-state index in [4.69, 9.17) is 0 Å². The predicted molar refractivity (Wildman–Crippen MR) is 95.9 cm³/mol. The van der Waals surface area contributed by atoms with Gasteiger partial charge >= 0.3 is 0 Å². The molecule has 0 saturated carbocycles. The van der Waals surface area contributed by atoms with Crippen molar-refractivity contribution >= 4 is 12.1 Å². The third-order valence-electron chi connectivity index (χ3n) is 3.68. The summed E-state index contributed by atoms with van der Waals surface area (Å²) in [5.41, 5.74) is 5.76. The van der Waals surface area contributed by atoms with E-state index in [-0.39, 0.29) is 11.3 Å². The molecule has 2 aromatic carbocycles. The molecule has 0 spiro atoms. The molecule has 1 N–H and O–H groups in total. The highest BCUT2D eigenvalue weighted by Crippen LogP contribution is 2.22. The number of nitrogens with zero attached hydrogens (tertiary/aromatic N) is 1. The SMILES string of the molecule is CC(C)(C)c1ccc(C(=O)N/N=C/CCc2ccccc2)cc1. The van der Waals surface area contributed by atoms with Crippen LogP contribution in [0.25, 0.3) is 0 Å². The molecule has 2 aromatic rings. The van der Waals surface area contributed by atoms with Gasteiger partial charge in [0.1, 0.15) is 0 Å². The summed E-state index contributed by atoms with van der Waals surface area (Å²) in [5, 5.41) is 4.01. The number of rotatable bonds is 5. The van der Waals surface area contributed by atoms with Gasteiger partial charge in [-0.05, 0) is 41.5 Å². The highest BCUT2D eigenvalue weighted by atomic mass is 16.2. The van der Waals surface area contributed by atoms with E-state index in [1.165, 1.54) is 11.1 Å². The van der Waals surface area contributed by atoms with Crippen LogP contribution < -0.4 is 5.43 Å². The largest absolute Gasteiger partial charge is 0.271 e. The molecule has 0 aliphatic rings. The lowest BCUT2D eigenvalue weighted by molar-refractivity contribution is 0.0955. The molecule has 0 aliphatic heterocycles. The number of nitrogens with one attached hydrogen (secondary N) is 1. The van der Waals surface area contributed by atoms with Crippen LogP contribution in [-0.4, -0.2) is 12.1 Å². The topological polar surface area (TPSA) is 41.5 Å². The number of hydrazone groups is 1. The van der Waals surface area contributed by atoms with Crippen LogP contribution in [0.5, 0.6) is 0 Å². The number of carbonyl (C=O) groups excluding carboxylic acids is 1. The van der Waals surface area contributed by atoms with Crippen LogP contribution in [0.4, 0.5) is 0 Å². The maximum Gasteiger partial charge on any atom is 0.271 e. The molecule has 0 saturated heterocycles. The monoisotopic (exact) mass is 308 g/mol. The maximum absolute atomic E-state index is 12.0. The quantitative estimate of drug-likeness (QED) is 0.648. The van der Waals surface area contributed by atoms with Crippen LogP contribution in [0.15, 0.2) is 59.7 Å². The van der Waals surface area contributed by atoms with Crippen LogP contribution in [0.3, 0.4) is 0 Å². The van der Waals surface area contributed by atoms with Gasteiger partial charge in [-0.3, -0.25) is 4.79 Å². The number of hydrogen-bond donors (Lipinski definition) is 1. The predicted octanol–water partition coefficient (Wildman–Crippen LogP) is 4.33. The van der Waals surface area contributed by atoms with Gasteiger partial charge in [-0.15, -0.1) is 0 Å². The third kappa shape index (κ3) is 5.37. The molecule has 23 heavy (non-hydrogen) atoms. The van der Waals surface area contributed by atoms with Crippen LogP contribution in [0.1, 0.15) is 48.7 Å². The van der Waals surface area contributed by atoms with Crippen molar-refractivity contribution in [3.63, 3.8) is 0 Å². The summed E-state index contributed by atoms with van der Waals surface area (Å²) in [5.74, 6) is -0.179. The van der Waals surface area contributed by atoms with E-state index < -0.39 is 0 Å². The normalized spacial score (nSPS) is 11.6. The smallest absolute Gasteiger partial charge is 0.267 e. The second-order valence-electron chi connectivity index (χ2n) is 6.60. The lowest BCUT2D eigenvalue weighted by Gasteiger charge is -2.18. The van der Waals surface area contributed by atoms with Gasteiger partial charge in [-0.2, -0.15) is 5.10 Å². The van der Waals surface area contributed by atoms with Crippen LogP contribution in [0, 0.1) is 0 Å². The van der Waals surface area contributed by atoms with Gasteiger partial charge in [0.25, 0.3) is 5.91 Å². The number of carbonyl (C=O) groups is 1. The Balaban J connectivity index is 1.81. The fourth-order valence-electron chi connectivity index (χ4n) is 2.23. The molecular weight excluding hydrogens is 284 g/mol. The lowest BCUT2D eigenvalue weighted by atomic mass is 9.87. The Morgan fingerprint density at radius 2 is 1.70 bits per heavy atom. The van der Waals surface area contributed by atoms with Crippen LogP contribution in [0.2, 0.25) is 0 Å². The minimum Gasteiger partial charge on any atom is -0.267 e. The van der Waals surface area contributed by atoms with E-state index in [1.807, 2.05) is 42.5 Å². The minimum atomic E-state index is -0.179. The average molecular weight is 308 g/mol. The molecule has 0 fully saturated rings. The summed E-state index contributed by atoms with van der Waals surface area (Å²) >= 11 is 0. The lowest BCUT2D eigenvalue weighted by Crippen LogP contribution is -2.18. The van der Waals surface area contributed by atoms with Crippen molar-refractivity contribution in [2.45, 2.75) is 39.0 Å². The number of benzene rings is 2. The summed E-state index contributed by atoms with van der Waals surface area (Å²) in [4.78, 5) is 12.0. The Morgan fingerprint density at radius 3 is 2.30 bits per heavy atom. The van der Waals surface area contributed by atoms with Crippen molar-refractivity contribution in [3.8, 4) is 0 Å². The third-order valence-corrected chi connectivity index (χ3v) is 3.68. The van der Waals surface area contributed by atoms with Gasteiger partial charge in [0.2, 0.25) is 0 Å². The van der Waals surface area contributed by atoms with Gasteiger partial charge in [-0.25, -0.2) is 5.43 Å². The molecule has 0 aromatic heterocycles. The summed E-state index contributed by atoms with van der Waals surface area (Å²) in [6.07, 6.45) is 3.46. The van der Waals surface area contributed by atoms with Crippen molar-refractivity contribution in [3.05, 3.63) is 71.3 Å². The van der Waals surface area contributed by atoms with Gasteiger partial charge in [-0.1, -0.05) is 63.2 Å². The van der Waals surface area contributed by atoms with Gasteiger partial charge in [0.15, 0.2) is 0 Å². The summed E-state index contributed by atoms with van der Waals surface area (Å²) in [6, 6.07) is 17.9. The van der Waals surface area contributed by atoms with E-state index in [0.717, 1.165) is 12.8 Å². The van der Waals surface area contributed by atoms with Crippen molar-refractivity contribution < 1.29 is 4.79 Å². The molecule has 2 rings (SSSR count). The highest BCUT2D eigenvalue weighted by molar-refractivity contribution is 5.94. The minimum absolute atomic E-state index is 0.0879. The molecule has 0 atom stereocenters. The fourth-order valence-corrected chi connectivity index (χ4v) is 2.23. The first-order valence-electron chi connectivity index (χ1n) is 7.93. The highest BCUT2D eigenvalue weighted by Gasteiger charge is 2.13. The summed E-state index contributed by atoms with van der Waals surface area (Å²) < 4.78 is 0. The molecule has 0 bridgehead atoms. The van der Waals surface area contributed by atoms with E-state index in [1.54, 1.807) is 6.21 Å². The van der Waals surface area contributed by atoms with Crippen LogP contribution >= 0.6 is 0 Å². The van der Waals surface area contributed by atoms with E-state index in [9.17, 15) is 4.79 Å². The Labute approximate surface area is 138 Å². The first kappa shape index (κ1) is 16.9. The Hall–Kier alpha value is -2.42. The molecule has 0 unspecified atom stereocenters. The van der Waals surface area contributed by atoms with Crippen molar-refractivity contribution in [1.82, 2.24) is 5.43 Å². The second kappa shape index (κ2) is 7.73. The number of amides is 1. The van der Waals surface area contributed by atoms with Crippen LogP contribution in [-0.2, 0) is 11.8 Å². The molecule has 3 nitrogen and oxygen atoms in total. The molecule has 0 aliphatic carbocycles. The summed E-state index contributed by atoms with van der Waals surface area (Å²) in [7, 11) is 0. The average Bonchev–Trinajstić information content (AvgIpc) is 2.54. The zero-order valence-electron chi connectivity index (χ0n) is 14.0. The van der Waals surface area contributed by atoms with Crippen molar-refractivity contribution in [2.24, 2.45) is 5.10 Å². The number of hydrogen-bond acceptors (Lipinski definition) is 2. The molecular formula is C20H24N2O. The zero-order chi connectivity index (χ0) is 16.7. The van der Waals surface area contributed by atoms with E-state index in [0.29, 0.717) is 5.56 Å². The first-order valence-corrected chi connectivity index (χ1v) is 7.93. The Morgan fingerprint density at radius 1 is 1.04 bits per heavy atom. The van der Waals surface area contributed by atoms with Crippen molar-refractivity contribution in [2.75, 3.05) is 0 Å². The molecule has 1 amide bonds. The molecule has 120 valence electrons. The van der Waals surface area contributed by atoms with Gasteiger partial charge < -0.3 is 0 Å². The zero-order valence-corrected chi connectivity index (χ0v) is 14.0. The maximum atomic E-state index is 12.0. The molecule has 3 heteroatoms. The second-order valence-corrected chi connectivity index (χ2v) is 6.60. The van der Waals surface area contributed by atoms with Gasteiger partial charge in [0, 0.05) is 11.8 Å². The molecule has 0 radical (unpaired) electrons. The number of aryl methyl sites for hydroxylation is 1. The Bertz CT molecular complexity index is 652. The standard InChI is InChI=1S/C20H24N2O/c1-20(2,3)18-13-11-17(12-14-18)19(23)22-21-15-7-10-16-8-5-4-6-9-16/h4-6,8-9,11-15H,7,10H2,1-3H3,(H,22,23)/b21-15+. The van der Waals surface area contributed by atoms with Crippen molar-refractivity contribution in [1.29, 1.82) is 0 Å². The Kier molecular flexibility index (Phi) is 5.69. The van der Waals surface area contributed by atoms with E-state index >= 15 is 0 Å². The molecule has 0 heterocycles.